The van der Waals surface area contributed by atoms with Crippen molar-refractivity contribution in [1.29, 1.82) is 0 Å². The molecule has 5 aromatic carbocycles. The number of para-hydroxylation sites is 3. The Morgan fingerprint density at radius 2 is 1.40 bits per heavy atom. The second-order valence-electron chi connectivity index (χ2n) is 10.5. The van der Waals surface area contributed by atoms with Crippen molar-refractivity contribution < 1.29 is 0 Å². The summed E-state index contributed by atoms with van der Waals surface area (Å²) in [7, 11) is 0. The summed E-state index contributed by atoms with van der Waals surface area (Å²) in [5, 5.41) is 3.81. The Kier molecular flexibility index (Phi) is 4.32. The van der Waals surface area contributed by atoms with Gasteiger partial charge in [0, 0.05) is 36.2 Å². The molecule has 0 N–H and O–H groups in total. The van der Waals surface area contributed by atoms with Gasteiger partial charge in [-0.1, -0.05) is 77.7 Å². The van der Waals surface area contributed by atoms with Gasteiger partial charge >= 0.3 is 0 Å². The lowest BCUT2D eigenvalue weighted by atomic mass is 10.1. The van der Waals surface area contributed by atoms with Gasteiger partial charge in [-0.25, -0.2) is 19.4 Å². The van der Waals surface area contributed by atoms with Crippen LogP contribution in [0.4, 0.5) is 0 Å². The van der Waals surface area contributed by atoms with Crippen LogP contribution >= 0.6 is 23.1 Å². The molecule has 10 rings (SSSR count). The Morgan fingerprint density at radius 3 is 2.36 bits per heavy atom. The lowest BCUT2D eigenvalue weighted by Crippen LogP contribution is -2.11. The van der Waals surface area contributed by atoms with Crippen molar-refractivity contribution in [2.45, 2.75) is 9.79 Å². The van der Waals surface area contributed by atoms with Gasteiger partial charge in [-0.15, -0.1) is 0 Å². The van der Waals surface area contributed by atoms with Crippen LogP contribution in [0.15, 0.2) is 118 Å². The molecular formula is C34H17N5OS2. The van der Waals surface area contributed by atoms with Crippen LogP contribution in [-0.2, 0) is 0 Å². The quantitative estimate of drug-likeness (QED) is 0.197. The van der Waals surface area contributed by atoms with Gasteiger partial charge in [-0.2, -0.15) is 0 Å². The molecule has 196 valence electrons. The minimum absolute atomic E-state index is 0.0563. The van der Waals surface area contributed by atoms with E-state index in [1.54, 1.807) is 16.2 Å². The van der Waals surface area contributed by atoms with Crippen LogP contribution in [0.1, 0.15) is 0 Å². The van der Waals surface area contributed by atoms with E-state index >= 15 is 0 Å². The van der Waals surface area contributed by atoms with E-state index in [1.807, 2.05) is 42.5 Å². The zero-order chi connectivity index (χ0) is 27.5. The maximum absolute atomic E-state index is 13.9. The third kappa shape index (κ3) is 2.90. The maximum atomic E-state index is 13.9. The van der Waals surface area contributed by atoms with Crippen molar-refractivity contribution in [3.05, 3.63) is 113 Å². The summed E-state index contributed by atoms with van der Waals surface area (Å²) in [5.74, 6) is 0.613. The number of hydrogen-bond donors (Lipinski definition) is 0. The van der Waals surface area contributed by atoms with Crippen LogP contribution in [0.2, 0.25) is 0 Å². The van der Waals surface area contributed by atoms with E-state index in [-0.39, 0.29) is 5.56 Å². The van der Waals surface area contributed by atoms with E-state index in [1.165, 1.54) is 21.1 Å². The average molecular weight is 576 g/mol. The molecule has 0 aliphatic carbocycles. The summed E-state index contributed by atoms with van der Waals surface area (Å²) >= 11 is 3.29. The first-order valence-corrected chi connectivity index (χ1v) is 15.2. The van der Waals surface area contributed by atoms with Gasteiger partial charge < -0.3 is 0 Å². The molecule has 0 saturated carbocycles. The Hall–Kier alpha value is -5.05. The van der Waals surface area contributed by atoms with Crippen LogP contribution in [0.3, 0.4) is 0 Å². The fourth-order valence-electron chi connectivity index (χ4n) is 6.34. The summed E-state index contributed by atoms with van der Waals surface area (Å²) in [5.41, 5.74) is 6.52. The minimum atomic E-state index is -0.0563. The summed E-state index contributed by atoms with van der Waals surface area (Å²) in [6.07, 6.45) is 0. The smallest absolute Gasteiger partial charge is 0.266 e. The molecule has 0 unspecified atom stereocenters. The van der Waals surface area contributed by atoms with Gasteiger partial charge in [0.05, 0.1) is 38.7 Å². The summed E-state index contributed by atoms with van der Waals surface area (Å²) < 4.78 is 4.75. The van der Waals surface area contributed by atoms with Crippen LogP contribution in [0.5, 0.6) is 0 Å². The maximum Gasteiger partial charge on any atom is 0.266 e. The monoisotopic (exact) mass is 575 g/mol. The Bertz CT molecular complexity index is 2700. The van der Waals surface area contributed by atoms with Crippen LogP contribution in [0, 0.1) is 0 Å². The topological polar surface area (TPSA) is 65.1 Å². The molecule has 42 heavy (non-hydrogen) atoms. The molecule has 1 aliphatic rings. The van der Waals surface area contributed by atoms with Gasteiger partial charge in [0.2, 0.25) is 5.95 Å². The molecule has 6 nitrogen and oxygen atoms in total. The molecule has 0 amide bonds. The van der Waals surface area contributed by atoms with E-state index in [2.05, 4.69) is 65.2 Å². The molecule has 0 spiro atoms. The SMILES string of the molecule is O=c1c2cc3c4ccccc4n(-c4nc5c6c(cccc6n4)Sc4ccccc4-5)c3cc2sc2nc3ccccc3n12. The highest BCUT2D eigenvalue weighted by Gasteiger charge is 2.24. The van der Waals surface area contributed by atoms with E-state index in [9.17, 15) is 4.79 Å². The van der Waals surface area contributed by atoms with Crippen LogP contribution < -0.4 is 5.56 Å². The molecule has 1 aliphatic heterocycles. The van der Waals surface area contributed by atoms with E-state index < -0.39 is 0 Å². The van der Waals surface area contributed by atoms with E-state index in [4.69, 9.17) is 15.0 Å². The number of imidazole rings is 1. The zero-order valence-corrected chi connectivity index (χ0v) is 23.4. The molecule has 0 bridgehead atoms. The van der Waals surface area contributed by atoms with Gasteiger partial charge in [0.25, 0.3) is 5.56 Å². The number of hydrogen-bond acceptors (Lipinski definition) is 6. The van der Waals surface area contributed by atoms with Gasteiger partial charge in [0.1, 0.15) is 0 Å². The highest BCUT2D eigenvalue weighted by molar-refractivity contribution is 7.99. The molecule has 4 aromatic heterocycles. The van der Waals surface area contributed by atoms with Crippen LogP contribution in [-0.4, -0.2) is 23.9 Å². The van der Waals surface area contributed by atoms with Gasteiger partial charge in [-0.3, -0.25) is 9.36 Å². The molecular weight excluding hydrogens is 559 g/mol. The molecule has 5 heterocycles. The number of nitrogens with zero attached hydrogens (tertiary/aromatic N) is 5. The predicted octanol–water partition coefficient (Wildman–Crippen LogP) is 8.23. The number of rotatable bonds is 1. The second kappa shape index (κ2) is 8.03. The predicted molar refractivity (Wildman–Crippen MR) is 171 cm³/mol. The van der Waals surface area contributed by atoms with Crippen molar-refractivity contribution in [3.8, 4) is 17.2 Å². The normalized spacial score (nSPS) is 12.8. The van der Waals surface area contributed by atoms with Crippen molar-refractivity contribution in [2.24, 2.45) is 0 Å². The molecule has 8 heteroatoms. The van der Waals surface area contributed by atoms with Gasteiger partial charge in [-0.05, 0) is 48.5 Å². The fraction of sp³-hybridized carbons (Fsp3) is 0. The number of aromatic nitrogens is 5. The highest BCUT2D eigenvalue weighted by atomic mass is 32.2. The molecule has 0 saturated heterocycles. The minimum Gasteiger partial charge on any atom is -0.278 e. The van der Waals surface area contributed by atoms with Crippen molar-refractivity contribution in [3.63, 3.8) is 0 Å². The summed E-state index contributed by atoms with van der Waals surface area (Å²) in [4.78, 5) is 32.1. The first-order valence-electron chi connectivity index (χ1n) is 13.6. The van der Waals surface area contributed by atoms with Crippen molar-refractivity contribution >= 4 is 81.9 Å². The highest BCUT2D eigenvalue weighted by Crippen LogP contribution is 2.47. The molecule has 0 atom stereocenters. The first-order chi connectivity index (χ1) is 20.7. The third-order valence-electron chi connectivity index (χ3n) is 8.17. The average Bonchev–Trinajstić information content (AvgIpc) is 3.55. The molecule has 0 radical (unpaired) electrons. The standard InChI is InChI=1S/C34H17N5OS2/c40-32-21-16-20-18-8-1-4-12-24(18)38(26(20)17-29(21)42-34-36-22-10-3-5-13-25(22)39(32)34)33-35-23-11-7-15-28-30(23)31(37-33)19-9-2-6-14-27(19)41-28/h1-17H. The van der Waals surface area contributed by atoms with Crippen molar-refractivity contribution in [2.75, 3.05) is 0 Å². The zero-order valence-electron chi connectivity index (χ0n) is 21.8. The lowest BCUT2D eigenvalue weighted by molar-refractivity contribution is 1.01. The Labute approximate surface area is 245 Å². The number of fused-ring (bicyclic) bond motifs is 9. The Morgan fingerprint density at radius 1 is 0.619 bits per heavy atom. The van der Waals surface area contributed by atoms with E-state index in [0.717, 1.165) is 59.7 Å². The van der Waals surface area contributed by atoms with Crippen molar-refractivity contribution in [1.82, 2.24) is 23.9 Å². The first kappa shape index (κ1) is 22.6. The van der Waals surface area contributed by atoms with Gasteiger partial charge in [0.15, 0.2) is 4.96 Å². The molecule has 0 fully saturated rings. The Balaban J connectivity index is 1.34. The lowest BCUT2D eigenvalue weighted by Gasteiger charge is -2.20. The summed E-state index contributed by atoms with van der Waals surface area (Å²) in [6.45, 7) is 0. The number of benzene rings is 5. The van der Waals surface area contributed by atoms with E-state index in [0.29, 0.717) is 16.3 Å². The fourth-order valence-corrected chi connectivity index (χ4v) is 8.49. The molecule has 9 aromatic rings. The van der Waals surface area contributed by atoms with Crippen LogP contribution in [0.25, 0.3) is 76.0 Å². The largest absolute Gasteiger partial charge is 0.278 e. The third-order valence-corrected chi connectivity index (χ3v) is 10.3. The summed E-state index contributed by atoms with van der Waals surface area (Å²) in [6, 6.07) is 34.9. The second-order valence-corrected chi connectivity index (χ2v) is 12.6.